The van der Waals surface area contributed by atoms with Crippen molar-refractivity contribution < 1.29 is 4.43 Å². The molecule has 6 heteroatoms. The van der Waals surface area contributed by atoms with Crippen LogP contribution < -0.4 is 0 Å². The quantitative estimate of drug-likeness (QED) is 0.314. The molecule has 0 saturated carbocycles. The molecule has 0 aliphatic rings. The first-order valence-electron chi connectivity index (χ1n) is 2.90. The summed E-state index contributed by atoms with van der Waals surface area (Å²) in [6.45, 7) is 0. The zero-order valence-electron chi connectivity index (χ0n) is 5.24. The van der Waals surface area contributed by atoms with Crippen LogP contribution in [-0.2, 0) is 4.43 Å². The monoisotopic (exact) mass is 182 g/mol. The van der Waals surface area contributed by atoms with E-state index in [4.69, 9.17) is 4.43 Å². The van der Waals surface area contributed by atoms with E-state index < -0.39 is 0 Å². The van der Waals surface area contributed by atoms with E-state index in [1.54, 1.807) is 9.76 Å². The molecule has 0 bridgehead atoms. The third-order valence-corrected chi connectivity index (χ3v) is 54.6. The van der Waals surface area contributed by atoms with E-state index in [0.717, 1.165) is 0 Å². The Labute approximate surface area is 56.6 Å². The lowest BCUT2D eigenvalue weighted by molar-refractivity contribution is 0.454. The lowest BCUT2D eigenvalue weighted by Gasteiger charge is -1.89. The minimum absolute atomic E-state index is 0.168. The molecule has 0 aromatic carbocycles. The Morgan fingerprint density at radius 2 is 2.14 bits per heavy atom. The average Bonchev–Trinajstić information content (AvgIpc) is 1.69. The summed E-state index contributed by atoms with van der Waals surface area (Å²) in [5.41, 5.74) is 0. The summed E-state index contributed by atoms with van der Waals surface area (Å²) >= 11 is 0. The Balaban J connectivity index is 2.45. The maximum absolute atomic E-state index is 5.12. The van der Waals surface area contributed by atoms with Gasteiger partial charge >= 0.3 is 0 Å². The Bertz CT molecular complexity index is 27.3. The van der Waals surface area contributed by atoms with Crippen molar-refractivity contribution in [3.8, 4) is 0 Å². The molecule has 0 saturated heterocycles. The third kappa shape index (κ3) is 7.04. The Morgan fingerprint density at radius 3 is 2.57 bits per heavy atom. The van der Waals surface area contributed by atoms with E-state index in [1.165, 1.54) is 0 Å². The highest BCUT2D eigenvalue weighted by atomic mass is 29.8. The minimum Gasteiger partial charge on any atom is -0.431 e. The van der Waals surface area contributed by atoms with Gasteiger partial charge in [0, 0.05) is 15.7 Å². The van der Waals surface area contributed by atoms with Crippen molar-refractivity contribution in [2.45, 2.75) is 0 Å². The van der Waals surface area contributed by atoms with Crippen molar-refractivity contribution in [1.29, 1.82) is 0 Å². The van der Waals surface area contributed by atoms with Crippen LogP contribution in [0.3, 0.4) is 0 Å². The summed E-state index contributed by atoms with van der Waals surface area (Å²) in [5, 5.41) is 0. The summed E-state index contributed by atoms with van der Waals surface area (Å²) in [7, 11) is 5.61. The first-order valence-corrected chi connectivity index (χ1v) is 21.1. The standard InChI is InChI=1S/CH14OSi5/c1-2-4-6-7-5-3/h4-7H2,1,3H3. The van der Waals surface area contributed by atoms with Crippen LogP contribution in [0.1, 0.15) is 0 Å². The van der Waals surface area contributed by atoms with Gasteiger partial charge in [0.25, 0.3) is 0 Å². The van der Waals surface area contributed by atoms with Crippen LogP contribution in [0.2, 0.25) is 0 Å². The van der Waals surface area contributed by atoms with Gasteiger partial charge in [0.05, 0.1) is 0 Å². The van der Waals surface area contributed by atoms with Crippen molar-refractivity contribution >= 4 is 44.7 Å². The highest BCUT2D eigenvalue weighted by Crippen LogP contribution is 1.53. The highest BCUT2D eigenvalue weighted by Gasteiger charge is 1.84. The van der Waals surface area contributed by atoms with Crippen molar-refractivity contribution in [3.05, 3.63) is 0 Å². The number of hydrogen-bond acceptors (Lipinski definition) is 1. The second-order valence-electron chi connectivity index (χ2n) is 1.70. The molecule has 0 atom stereocenters. The number of hydrogen-bond donors (Lipinski definition) is 0. The molecule has 0 unspecified atom stereocenters. The predicted molar refractivity (Wildman–Crippen MR) is 51.1 cm³/mol. The Morgan fingerprint density at radius 1 is 1.43 bits per heavy atom. The molecule has 0 aliphatic heterocycles. The van der Waals surface area contributed by atoms with Gasteiger partial charge in [-0.25, -0.2) is 0 Å². The van der Waals surface area contributed by atoms with Gasteiger partial charge in [0.2, 0.25) is 0 Å². The first kappa shape index (κ1) is 8.04. The summed E-state index contributed by atoms with van der Waals surface area (Å²) in [6, 6.07) is 0. The third-order valence-electron chi connectivity index (χ3n) is 0.952. The molecule has 0 aromatic rings. The van der Waals surface area contributed by atoms with Gasteiger partial charge in [-0.05, 0) is 26.9 Å². The van der Waals surface area contributed by atoms with Gasteiger partial charge in [-0.1, -0.05) is 0 Å². The van der Waals surface area contributed by atoms with Crippen LogP contribution in [0.4, 0.5) is 0 Å². The molecule has 0 spiro atoms. The van der Waals surface area contributed by atoms with Crippen LogP contribution in [0.25, 0.3) is 0 Å². The largest absolute Gasteiger partial charge is 0.431 e. The molecule has 0 radical (unpaired) electrons. The van der Waals surface area contributed by atoms with Gasteiger partial charge in [0.1, 0.15) is 9.28 Å². The van der Waals surface area contributed by atoms with Crippen LogP contribution >= 0.6 is 0 Å². The van der Waals surface area contributed by atoms with Gasteiger partial charge in [0.15, 0.2) is 0 Å². The lowest BCUT2D eigenvalue weighted by atomic mass is 11.8. The lowest BCUT2D eigenvalue weighted by Crippen LogP contribution is -2.19. The van der Waals surface area contributed by atoms with Crippen LogP contribution in [0, 0.1) is 0 Å². The fourth-order valence-corrected chi connectivity index (χ4v) is 72.9. The molecule has 0 N–H and O–H groups in total. The van der Waals surface area contributed by atoms with Crippen molar-refractivity contribution in [3.63, 3.8) is 0 Å². The van der Waals surface area contributed by atoms with Crippen LogP contribution in [0.5, 0.6) is 0 Å². The minimum atomic E-state index is 0.168. The summed E-state index contributed by atoms with van der Waals surface area (Å²) in [6.07, 6.45) is 0. The second kappa shape index (κ2) is 7.04. The maximum atomic E-state index is 5.12. The van der Waals surface area contributed by atoms with Crippen LogP contribution in [0.15, 0.2) is 0 Å². The fourth-order valence-electron chi connectivity index (χ4n) is 0.496. The van der Waals surface area contributed by atoms with Crippen molar-refractivity contribution in [2.75, 3.05) is 7.11 Å². The fraction of sp³-hybridized carbons (Fsp3) is 1.00. The normalized spacial score (nSPS) is 16.7. The summed E-state index contributed by atoms with van der Waals surface area (Å²) < 4.78 is 5.12. The van der Waals surface area contributed by atoms with Crippen molar-refractivity contribution in [1.82, 2.24) is 0 Å². The SMILES string of the molecule is CO[SiH2][SiH2][SiH2][SiH2][SiH3]. The second-order valence-corrected chi connectivity index (χ2v) is 35.3. The smallest absolute Gasteiger partial charge is 0.139 e. The van der Waals surface area contributed by atoms with E-state index in [1.807, 2.05) is 7.11 Å². The molecule has 0 amide bonds. The zero-order valence-corrected chi connectivity index (χ0v) is 12.9. The Hall–Kier alpha value is 1.04. The molecular weight excluding hydrogens is 168 g/mol. The van der Waals surface area contributed by atoms with E-state index in [2.05, 4.69) is 0 Å². The molecule has 0 rings (SSSR count). The maximum Gasteiger partial charge on any atom is 0.139 e. The molecule has 0 aliphatic carbocycles. The van der Waals surface area contributed by atoms with Gasteiger partial charge in [-0.15, -0.1) is 0 Å². The van der Waals surface area contributed by atoms with E-state index in [-0.39, 0.29) is 9.28 Å². The van der Waals surface area contributed by atoms with Gasteiger partial charge < -0.3 is 4.43 Å². The zero-order chi connectivity index (χ0) is 5.54. The van der Waals surface area contributed by atoms with E-state index in [9.17, 15) is 0 Å². The predicted octanol–water partition coefficient (Wildman–Crippen LogP) is -4.75. The van der Waals surface area contributed by atoms with Gasteiger partial charge in [-0.2, -0.15) is 0 Å². The Kier molecular flexibility index (Phi) is 8.10. The molecule has 0 heterocycles. The van der Waals surface area contributed by atoms with E-state index >= 15 is 0 Å². The molecule has 7 heavy (non-hydrogen) atoms. The first-order chi connectivity index (χ1) is 3.41. The van der Waals surface area contributed by atoms with Crippen LogP contribution in [-0.4, -0.2) is 51.8 Å². The molecular formula is CH14OSi5. The highest BCUT2D eigenvalue weighted by molar-refractivity contribution is 7.50. The topological polar surface area (TPSA) is 9.23 Å². The molecule has 0 fully saturated rings. The average molecular weight is 183 g/mol. The summed E-state index contributed by atoms with van der Waals surface area (Å²) in [5.74, 6) is 0. The van der Waals surface area contributed by atoms with E-state index in [0.29, 0.717) is 25.7 Å². The van der Waals surface area contributed by atoms with Crippen molar-refractivity contribution in [2.24, 2.45) is 0 Å². The molecule has 0 aromatic heterocycles. The summed E-state index contributed by atoms with van der Waals surface area (Å²) in [4.78, 5) is 0. The van der Waals surface area contributed by atoms with Gasteiger partial charge in [-0.3, -0.25) is 0 Å². The molecule has 1 nitrogen and oxygen atoms in total. The number of rotatable bonds is 4. The molecule has 44 valence electrons.